The number of benzene rings is 1. The molecule has 0 aromatic heterocycles. The number of halogens is 12. The number of rotatable bonds is 2. The fourth-order valence-electron chi connectivity index (χ4n) is 2.70. The normalized spacial score (nSPS) is 15.5. The number of allylic oxidation sites excluding steroid dienone is 5. The molecule has 0 radical (unpaired) electrons. The van der Waals surface area contributed by atoms with Crippen LogP contribution in [0.25, 0.3) is 5.41 Å². The van der Waals surface area contributed by atoms with E-state index in [2.05, 4.69) is 9.98 Å². The van der Waals surface area contributed by atoms with Crippen molar-refractivity contribution in [1.82, 2.24) is 0 Å². The van der Waals surface area contributed by atoms with E-state index in [4.69, 9.17) is 10.7 Å². The Labute approximate surface area is 186 Å². The van der Waals surface area contributed by atoms with Crippen molar-refractivity contribution in [2.24, 2.45) is 9.98 Å². The summed E-state index contributed by atoms with van der Waals surface area (Å²) in [6, 6.07) is 0.813. The zero-order valence-electron chi connectivity index (χ0n) is 16.2. The molecule has 4 nitrogen and oxygen atoms in total. The van der Waals surface area contributed by atoms with E-state index in [1.54, 1.807) is 0 Å². The molecule has 0 aliphatic heterocycles. The fourth-order valence-corrected chi connectivity index (χ4v) is 2.70. The Kier molecular flexibility index (Phi) is 7.09. The van der Waals surface area contributed by atoms with E-state index in [0.29, 0.717) is 0 Å². The Morgan fingerprint density at radius 2 is 1.17 bits per heavy atom. The molecule has 0 unspecified atom stereocenters. The van der Waals surface area contributed by atoms with Crippen molar-refractivity contribution < 1.29 is 52.7 Å². The highest BCUT2D eigenvalue weighted by molar-refractivity contribution is 6.11. The van der Waals surface area contributed by atoms with E-state index in [0.717, 1.165) is 11.9 Å². The van der Waals surface area contributed by atoms with Crippen molar-refractivity contribution in [3.63, 3.8) is 0 Å². The number of aliphatic imine (C=N–C) groups is 2. The van der Waals surface area contributed by atoms with Crippen LogP contribution >= 0.6 is 0 Å². The minimum atomic E-state index is -5.44. The van der Waals surface area contributed by atoms with E-state index in [9.17, 15) is 52.7 Å². The summed E-state index contributed by atoms with van der Waals surface area (Å²) in [7, 11) is 0. The molecule has 0 amide bonds. The molecule has 1 aliphatic carbocycles. The second kappa shape index (κ2) is 9.06. The highest BCUT2D eigenvalue weighted by atomic mass is 19.4. The topological polar surface area (TPSA) is 70.8 Å². The van der Waals surface area contributed by atoms with Crippen LogP contribution in [0.1, 0.15) is 16.7 Å². The molecule has 1 aromatic rings. The molecule has 0 bridgehead atoms. The van der Waals surface area contributed by atoms with Crippen molar-refractivity contribution in [3.8, 4) is 6.07 Å². The fraction of sp³-hybridized carbons (Fsp3) is 0.211. The largest absolute Gasteiger partial charge is 0.763 e. The molecule has 0 N–H and O–H groups in total. The first-order valence-corrected chi connectivity index (χ1v) is 8.49. The van der Waals surface area contributed by atoms with Gasteiger partial charge in [-0.05, 0) is 24.3 Å². The molecule has 16 heteroatoms. The molecule has 0 heterocycles. The lowest BCUT2D eigenvalue weighted by atomic mass is 9.91. The monoisotopic (exact) mass is 517 g/mol. The van der Waals surface area contributed by atoms with Gasteiger partial charge in [-0.1, -0.05) is 0 Å². The minimum Gasteiger partial charge on any atom is -0.763 e. The first kappa shape index (κ1) is 27.4. The number of alkyl halides is 12. The molecular formula is C19H5F12N4-. The summed E-state index contributed by atoms with van der Waals surface area (Å²) in [5, 5.41) is 17.5. The van der Waals surface area contributed by atoms with Crippen LogP contribution in [-0.4, -0.2) is 30.3 Å². The van der Waals surface area contributed by atoms with Gasteiger partial charge in [0.2, 0.25) is 0 Å². The van der Waals surface area contributed by atoms with Crippen molar-refractivity contribution in [3.05, 3.63) is 63.1 Å². The van der Waals surface area contributed by atoms with Gasteiger partial charge in [0, 0.05) is 5.57 Å². The maximum atomic E-state index is 13.1. The average Bonchev–Trinajstić information content (AvgIpc) is 2.69. The van der Waals surface area contributed by atoms with Crippen molar-refractivity contribution >= 4 is 23.6 Å². The molecule has 0 atom stereocenters. The highest BCUT2D eigenvalue weighted by Gasteiger charge is 2.46. The van der Waals surface area contributed by atoms with Crippen LogP contribution in [0.2, 0.25) is 0 Å². The molecule has 0 saturated carbocycles. The third-order valence-electron chi connectivity index (χ3n) is 4.11. The molecular weight excluding hydrogens is 512 g/mol. The summed E-state index contributed by atoms with van der Waals surface area (Å²) >= 11 is 0. The summed E-state index contributed by atoms with van der Waals surface area (Å²) in [5.41, 5.74) is -13.9. The lowest BCUT2D eigenvalue weighted by Gasteiger charge is -2.23. The summed E-state index contributed by atoms with van der Waals surface area (Å²) in [6.07, 6.45) is -21.6. The van der Waals surface area contributed by atoms with E-state index < -0.39 is 69.5 Å². The molecule has 1 aromatic carbocycles. The smallest absolute Gasteiger partial charge is 0.417 e. The quantitative estimate of drug-likeness (QED) is 0.240. The van der Waals surface area contributed by atoms with Gasteiger partial charge < -0.3 is 5.41 Å². The summed E-state index contributed by atoms with van der Waals surface area (Å²) in [4.78, 5) is 6.25. The van der Waals surface area contributed by atoms with Crippen LogP contribution in [0.15, 0.2) is 51.0 Å². The van der Waals surface area contributed by atoms with Gasteiger partial charge >= 0.3 is 24.7 Å². The van der Waals surface area contributed by atoms with Crippen LogP contribution in [0.3, 0.4) is 0 Å². The predicted molar refractivity (Wildman–Crippen MR) is 96.9 cm³/mol. The van der Waals surface area contributed by atoms with Crippen LogP contribution in [0.5, 0.6) is 0 Å². The third-order valence-corrected chi connectivity index (χ3v) is 4.11. The average molecular weight is 517 g/mol. The van der Waals surface area contributed by atoms with Gasteiger partial charge in [-0.25, -0.2) is 9.98 Å². The Balaban J connectivity index is 2.67. The molecule has 0 saturated heterocycles. The SMILES string of the molecule is N#Cc1c(C(F)(F)F)cc(N=CN=C2C=C(C(F)(F)F)C(=C=[N-])C(C(F)(F)F)=C2)cc1C(F)(F)F. The summed E-state index contributed by atoms with van der Waals surface area (Å²) in [5.74, 6) is 0.783. The summed E-state index contributed by atoms with van der Waals surface area (Å²) < 4.78 is 157. The zero-order chi connectivity index (χ0) is 27.0. The van der Waals surface area contributed by atoms with Gasteiger partial charge in [-0.15, -0.1) is 0 Å². The molecule has 2 rings (SSSR count). The Bertz CT molecular complexity index is 1170. The van der Waals surface area contributed by atoms with E-state index in [-0.39, 0.29) is 30.6 Å². The molecule has 35 heavy (non-hydrogen) atoms. The maximum Gasteiger partial charge on any atom is 0.417 e. The van der Waals surface area contributed by atoms with Crippen molar-refractivity contribution in [2.45, 2.75) is 24.7 Å². The zero-order valence-corrected chi connectivity index (χ0v) is 16.2. The van der Waals surface area contributed by atoms with E-state index >= 15 is 0 Å². The van der Waals surface area contributed by atoms with Gasteiger partial charge in [0.05, 0.1) is 39.2 Å². The van der Waals surface area contributed by atoms with E-state index in [1.165, 1.54) is 0 Å². The standard InChI is InChI=1S/C19H5F12N4/c20-16(21,22)12-1-8(2-13(10(12)5-32)17(23,24)25)34-7-35-9-3-14(18(26,27)28)11(6-33)15(4-9)19(29,30)31/h1-4,7H/q-1. The van der Waals surface area contributed by atoms with Crippen LogP contribution in [0.4, 0.5) is 58.4 Å². The summed E-state index contributed by atoms with van der Waals surface area (Å²) in [6.45, 7) is 0. The number of nitrogens with zero attached hydrogens (tertiary/aromatic N) is 4. The Morgan fingerprint density at radius 3 is 1.49 bits per heavy atom. The number of hydrogen-bond acceptors (Lipinski definition) is 2. The van der Waals surface area contributed by atoms with Gasteiger partial charge in [0.1, 0.15) is 12.4 Å². The van der Waals surface area contributed by atoms with Gasteiger partial charge in [-0.2, -0.15) is 57.9 Å². The lowest BCUT2D eigenvalue weighted by molar-refractivity contribution is -0.143. The van der Waals surface area contributed by atoms with Crippen molar-refractivity contribution in [1.29, 1.82) is 5.26 Å². The minimum absolute atomic E-state index is 0.0148. The maximum absolute atomic E-state index is 13.1. The van der Waals surface area contributed by atoms with Gasteiger partial charge in [-0.3, -0.25) is 5.87 Å². The van der Waals surface area contributed by atoms with Crippen LogP contribution < -0.4 is 0 Å². The van der Waals surface area contributed by atoms with E-state index in [1.807, 2.05) is 0 Å². The first-order chi connectivity index (χ1) is 15.8. The molecule has 0 fully saturated rings. The first-order valence-electron chi connectivity index (χ1n) is 8.49. The molecule has 0 spiro atoms. The van der Waals surface area contributed by atoms with Crippen LogP contribution in [0, 0.1) is 11.3 Å². The molecule has 186 valence electrons. The van der Waals surface area contributed by atoms with Crippen LogP contribution in [-0.2, 0) is 12.4 Å². The molecule has 1 aliphatic rings. The third kappa shape index (κ3) is 6.18. The number of nitriles is 1. The van der Waals surface area contributed by atoms with Gasteiger partial charge in [0.15, 0.2) is 0 Å². The highest BCUT2D eigenvalue weighted by Crippen LogP contribution is 2.43. The second-order valence-electron chi connectivity index (χ2n) is 6.42. The second-order valence-corrected chi connectivity index (χ2v) is 6.42. The Morgan fingerprint density at radius 1 is 0.743 bits per heavy atom. The Hall–Kier alpha value is -3.86. The number of hydrogen-bond donors (Lipinski definition) is 0. The predicted octanol–water partition coefficient (Wildman–Crippen LogP) is 6.85. The van der Waals surface area contributed by atoms with Gasteiger partial charge in [0.25, 0.3) is 0 Å². The van der Waals surface area contributed by atoms with Crippen molar-refractivity contribution in [2.75, 3.05) is 0 Å². The lowest BCUT2D eigenvalue weighted by Crippen LogP contribution is -2.26.